The van der Waals surface area contributed by atoms with E-state index in [2.05, 4.69) is 11.4 Å². The topological polar surface area (TPSA) is 66.4 Å². The number of carbonyl (C=O) groups excluding carboxylic acids is 1. The van der Waals surface area contributed by atoms with Gasteiger partial charge in [-0.25, -0.2) is 4.79 Å². The highest BCUT2D eigenvalue weighted by Crippen LogP contribution is 2.34. The third kappa shape index (κ3) is 2.82. The average molecular weight is 265 g/mol. The first-order chi connectivity index (χ1) is 9.06. The van der Waals surface area contributed by atoms with Crippen LogP contribution in [-0.2, 0) is 9.59 Å². The second-order valence-corrected chi connectivity index (χ2v) is 5.89. The number of allylic oxidation sites excluding steroid dienone is 2. The molecule has 2 aliphatic carbocycles. The molecule has 1 fully saturated rings. The summed E-state index contributed by atoms with van der Waals surface area (Å²) in [6.07, 6.45) is 9.93. The third-order valence-corrected chi connectivity index (χ3v) is 4.67. The Balaban J connectivity index is 2.10. The zero-order valence-corrected chi connectivity index (χ0v) is 11.5. The smallest absolute Gasteiger partial charge is 0.329 e. The summed E-state index contributed by atoms with van der Waals surface area (Å²) in [5.41, 5.74) is -1.05. The highest BCUT2D eigenvalue weighted by atomic mass is 16.4. The second-order valence-electron chi connectivity index (χ2n) is 5.89. The Hall–Kier alpha value is -1.32. The maximum atomic E-state index is 12.3. The van der Waals surface area contributed by atoms with Crippen LogP contribution in [0.5, 0.6) is 0 Å². The molecule has 0 saturated heterocycles. The van der Waals surface area contributed by atoms with Gasteiger partial charge in [0, 0.05) is 5.92 Å². The van der Waals surface area contributed by atoms with Crippen molar-refractivity contribution in [1.29, 1.82) is 0 Å². The van der Waals surface area contributed by atoms with E-state index >= 15 is 0 Å². The van der Waals surface area contributed by atoms with Gasteiger partial charge in [0.25, 0.3) is 0 Å². The Morgan fingerprint density at radius 2 is 2.05 bits per heavy atom. The van der Waals surface area contributed by atoms with Gasteiger partial charge in [-0.3, -0.25) is 4.79 Å². The van der Waals surface area contributed by atoms with E-state index in [-0.39, 0.29) is 17.7 Å². The van der Waals surface area contributed by atoms with Gasteiger partial charge < -0.3 is 10.4 Å². The first-order valence-electron chi connectivity index (χ1n) is 7.26. The van der Waals surface area contributed by atoms with Crippen LogP contribution in [0.2, 0.25) is 0 Å². The molecule has 2 rings (SSSR count). The normalized spacial score (nSPS) is 34.8. The molecule has 0 aromatic carbocycles. The first-order valence-corrected chi connectivity index (χ1v) is 7.26. The molecule has 0 aromatic rings. The summed E-state index contributed by atoms with van der Waals surface area (Å²) in [6, 6.07) is 0. The summed E-state index contributed by atoms with van der Waals surface area (Å²) < 4.78 is 0. The molecule has 3 unspecified atom stereocenters. The average Bonchev–Trinajstić information content (AvgIpc) is 2.42. The van der Waals surface area contributed by atoms with Crippen LogP contribution in [0.15, 0.2) is 12.2 Å². The molecule has 3 atom stereocenters. The largest absolute Gasteiger partial charge is 0.479 e. The molecule has 0 bridgehead atoms. The van der Waals surface area contributed by atoms with Gasteiger partial charge in [-0.1, -0.05) is 31.9 Å². The molecular weight excluding hydrogens is 242 g/mol. The number of nitrogens with one attached hydrogen (secondary N) is 1. The lowest BCUT2D eigenvalue weighted by Crippen LogP contribution is -2.61. The van der Waals surface area contributed by atoms with Crippen LogP contribution in [0.3, 0.4) is 0 Å². The monoisotopic (exact) mass is 265 g/mol. The number of hydrogen-bond acceptors (Lipinski definition) is 2. The first kappa shape index (κ1) is 14.1. The van der Waals surface area contributed by atoms with E-state index in [1.807, 2.05) is 13.0 Å². The van der Waals surface area contributed by atoms with Gasteiger partial charge in [0.15, 0.2) is 0 Å². The standard InChI is InChI=1S/C15H23NO3/c1-11-7-5-6-10-15(11,14(18)19)16-13(17)12-8-3-2-4-9-12/h2-3,11-12H,4-10H2,1H3,(H,16,17)(H,18,19). The minimum atomic E-state index is -1.05. The van der Waals surface area contributed by atoms with Gasteiger partial charge in [-0.2, -0.15) is 0 Å². The molecule has 0 radical (unpaired) electrons. The maximum absolute atomic E-state index is 12.3. The van der Waals surface area contributed by atoms with E-state index in [0.29, 0.717) is 6.42 Å². The molecule has 1 amide bonds. The van der Waals surface area contributed by atoms with Gasteiger partial charge >= 0.3 is 5.97 Å². The molecule has 1 saturated carbocycles. The SMILES string of the molecule is CC1CCCCC1(NC(=O)C1CC=CCC1)C(=O)O. The summed E-state index contributed by atoms with van der Waals surface area (Å²) in [4.78, 5) is 24.0. The fourth-order valence-electron chi connectivity index (χ4n) is 3.26. The number of carbonyl (C=O) groups is 2. The highest BCUT2D eigenvalue weighted by molar-refractivity contribution is 5.88. The lowest BCUT2D eigenvalue weighted by Gasteiger charge is -2.40. The Morgan fingerprint density at radius 1 is 1.26 bits per heavy atom. The Morgan fingerprint density at radius 3 is 2.63 bits per heavy atom. The summed E-state index contributed by atoms with van der Waals surface area (Å²) >= 11 is 0. The van der Waals surface area contributed by atoms with Crippen molar-refractivity contribution >= 4 is 11.9 Å². The maximum Gasteiger partial charge on any atom is 0.329 e. The Bertz CT molecular complexity index is 391. The molecule has 0 aliphatic heterocycles. The van der Waals surface area contributed by atoms with E-state index < -0.39 is 11.5 Å². The minimum Gasteiger partial charge on any atom is -0.479 e. The summed E-state index contributed by atoms with van der Waals surface area (Å²) in [7, 11) is 0. The predicted octanol–water partition coefficient (Wildman–Crippen LogP) is 2.49. The van der Waals surface area contributed by atoms with E-state index in [9.17, 15) is 14.7 Å². The van der Waals surface area contributed by atoms with E-state index in [0.717, 1.165) is 38.5 Å². The van der Waals surface area contributed by atoms with Crippen molar-refractivity contribution in [2.45, 2.75) is 57.4 Å². The number of aliphatic carboxylic acids is 1. The molecule has 4 heteroatoms. The second kappa shape index (κ2) is 5.76. The quantitative estimate of drug-likeness (QED) is 0.770. The van der Waals surface area contributed by atoms with Gasteiger partial charge in [-0.05, 0) is 38.0 Å². The lowest BCUT2D eigenvalue weighted by atomic mass is 9.73. The number of rotatable bonds is 3. The molecule has 0 aromatic heterocycles. The molecule has 0 spiro atoms. The van der Waals surface area contributed by atoms with Gasteiger partial charge in [-0.15, -0.1) is 0 Å². The van der Waals surface area contributed by atoms with Crippen LogP contribution < -0.4 is 5.32 Å². The molecule has 2 aliphatic rings. The molecule has 19 heavy (non-hydrogen) atoms. The van der Waals surface area contributed by atoms with E-state index in [4.69, 9.17) is 0 Å². The van der Waals surface area contributed by atoms with Gasteiger partial charge in [0.05, 0.1) is 0 Å². The van der Waals surface area contributed by atoms with Crippen LogP contribution in [0.4, 0.5) is 0 Å². The van der Waals surface area contributed by atoms with Gasteiger partial charge in [0.2, 0.25) is 5.91 Å². The van der Waals surface area contributed by atoms with Crippen molar-refractivity contribution < 1.29 is 14.7 Å². The summed E-state index contributed by atoms with van der Waals surface area (Å²) in [6.45, 7) is 1.94. The van der Waals surface area contributed by atoms with E-state index in [1.165, 1.54) is 0 Å². The minimum absolute atomic E-state index is 0.00170. The van der Waals surface area contributed by atoms with Crippen molar-refractivity contribution in [2.24, 2.45) is 11.8 Å². The van der Waals surface area contributed by atoms with Crippen molar-refractivity contribution in [3.63, 3.8) is 0 Å². The number of carboxylic acid groups (broad SMARTS) is 1. The van der Waals surface area contributed by atoms with Crippen molar-refractivity contribution in [3.05, 3.63) is 12.2 Å². The predicted molar refractivity (Wildman–Crippen MR) is 72.6 cm³/mol. The van der Waals surface area contributed by atoms with Gasteiger partial charge in [0.1, 0.15) is 5.54 Å². The molecule has 2 N–H and O–H groups in total. The molecule has 4 nitrogen and oxygen atoms in total. The summed E-state index contributed by atoms with van der Waals surface area (Å²) in [5.74, 6) is -1.02. The Labute approximate surface area is 114 Å². The van der Waals surface area contributed by atoms with Crippen LogP contribution in [0, 0.1) is 11.8 Å². The van der Waals surface area contributed by atoms with Crippen LogP contribution in [0.1, 0.15) is 51.9 Å². The number of carboxylic acids is 1. The molecule has 0 heterocycles. The number of hydrogen-bond donors (Lipinski definition) is 2. The van der Waals surface area contributed by atoms with Crippen LogP contribution in [0.25, 0.3) is 0 Å². The zero-order valence-electron chi connectivity index (χ0n) is 11.5. The highest BCUT2D eigenvalue weighted by Gasteiger charge is 2.46. The molecule has 106 valence electrons. The van der Waals surface area contributed by atoms with Crippen LogP contribution in [-0.4, -0.2) is 22.5 Å². The lowest BCUT2D eigenvalue weighted by molar-refractivity contribution is -0.152. The fourth-order valence-corrected chi connectivity index (χ4v) is 3.26. The summed E-state index contributed by atoms with van der Waals surface area (Å²) in [5, 5.41) is 12.5. The zero-order chi connectivity index (χ0) is 13.9. The van der Waals surface area contributed by atoms with Crippen molar-refractivity contribution in [2.75, 3.05) is 0 Å². The van der Waals surface area contributed by atoms with E-state index in [1.54, 1.807) is 0 Å². The van der Waals surface area contributed by atoms with Crippen molar-refractivity contribution in [1.82, 2.24) is 5.32 Å². The third-order valence-electron chi connectivity index (χ3n) is 4.67. The van der Waals surface area contributed by atoms with Crippen LogP contribution >= 0.6 is 0 Å². The van der Waals surface area contributed by atoms with Crippen molar-refractivity contribution in [3.8, 4) is 0 Å². The number of amides is 1. The Kier molecular flexibility index (Phi) is 4.27. The molecular formula is C15H23NO3. The fraction of sp³-hybridized carbons (Fsp3) is 0.733.